The van der Waals surface area contributed by atoms with E-state index in [1.165, 1.54) is 25.7 Å². The van der Waals surface area contributed by atoms with Crippen molar-refractivity contribution in [1.29, 1.82) is 0 Å². The van der Waals surface area contributed by atoms with Crippen LogP contribution in [0.5, 0.6) is 0 Å². The molecule has 0 atom stereocenters. The number of hydrogen-bond acceptors (Lipinski definition) is 5. The SMILES string of the molecule is CN(Cc1nnnn1C1CC1)C1CCC(CO)CC1. The smallest absolute Gasteiger partial charge is 0.165 e. The van der Waals surface area contributed by atoms with Crippen molar-refractivity contribution < 1.29 is 5.11 Å². The van der Waals surface area contributed by atoms with Gasteiger partial charge in [0.1, 0.15) is 0 Å². The Morgan fingerprint density at radius 3 is 2.58 bits per heavy atom. The van der Waals surface area contributed by atoms with Gasteiger partial charge in [0.05, 0.1) is 12.6 Å². The first-order valence-electron chi connectivity index (χ1n) is 7.35. The van der Waals surface area contributed by atoms with Crippen molar-refractivity contribution in [3.63, 3.8) is 0 Å². The van der Waals surface area contributed by atoms with E-state index in [0.29, 0.717) is 24.6 Å². The molecular weight excluding hydrogens is 242 g/mol. The summed E-state index contributed by atoms with van der Waals surface area (Å²) in [6.07, 6.45) is 7.05. The molecule has 19 heavy (non-hydrogen) atoms. The quantitative estimate of drug-likeness (QED) is 0.860. The standard InChI is InChI=1S/C13H23N5O/c1-17(11-4-2-10(9-19)3-5-11)8-13-14-15-16-18(13)12-6-7-12/h10-12,19H,2-9H2,1H3. The van der Waals surface area contributed by atoms with Crippen LogP contribution in [0, 0.1) is 5.92 Å². The summed E-state index contributed by atoms with van der Waals surface area (Å²) in [7, 11) is 2.16. The molecule has 0 aromatic carbocycles. The van der Waals surface area contributed by atoms with Crippen LogP contribution in [0.3, 0.4) is 0 Å². The molecule has 3 rings (SSSR count). The fourth-order valence-electron chi connectivity index (χ4n) is 3.04. The highest BCUT2D eigenvalue weighted by Crippen LogP contribution is 2.35. The minimum Gasteiger partial charge on any atom is -0.396 e. The van der Waals surface area contributed by atoms with E-state index in [0.717, 1.165) is 25.2 Å². The van der Waals surface area contributed by atoms with Crippen LogP contribution in [0.25, 0.3) is 0 Å². The second-order valence-electron chi connectivity index (χ2n) is 6.04. The Morgan fingerprint density at radius 2 is 1.95 bits per heavy atom. The van der Waals surface area contributed by atoms with Crippen molar-refractivity contribution >= 4 is 0 Å². The monoisotopic (exact) mass is 265 g/mol. The summed E-state index contributed by atoms with van der Waals surface area (Å²) in [5.74, 6) is 1.51. The van der Waals surface area contributed by atoms with E-state index in [1.54, 1.807) is 0 Å². The summed E-state index contributed by atoms with van der Waals surface area (Å²) in [5.41, 5.74) is 0. The van der Waals surface area contributed by atoms with Gasteiger partial charge in [0.25, 0.3) is 0 Å². The Balaban J connectivity index is 1.56. The summed E-state index contributed by atoms with van der Waals surface area (Å²) >= 11 is 0. The number of aromatic nitrogens is 4. The van der Waals surface area contributed by atoms with Crippen molar-refractivity contribution in [2.45, 2.75) is 57.2 Å². The molecule has 0 unspecified atom stereocenters. The summed E-state index contributed by atoms with van der Waals surface area (Å²) in [5, 5.41) is 21.3. The van der Waals surface area contributed by atoms with E-state index in [9.17, 15) is 5.11 Å². The number of rotatable bonds is 5. The highest BCUT2D eigenvalue weighted by atomic mass is 16.3. The van der Waals surface area contributed by atoms with Crippen LogP contribution in [-0.2, 0) is 6.54 Å². The van der Waals surface area contributed by atoms with Gasteiger partial charge >= 0.3 is 0 Å². The average Bonchev–Trinajstić information content (AvgIpc) is 3.19. The Labute approximate surface area is 113 Å². The predicted molar refractivity (Wildman–Crippen MR) is 70.4 cm³/mol. The number of aliphatic hydroxyl groups is 1. The van der Waals surface area contributed by atoms with E-state index < -0.39 is 0 Å². The highest BCUT2D eigenvalue weighted by molar-refractivity contribution is 4.91. The van der Waals surface area contributed by atoms with E-state index in [4.69, 9.17) is 0 Å². The molecule has 2 aliphatic carbocycles. The third-order valence-electron chi connectivity index (χ3n) is 4.54. The first-order valence-corrected chi connectivity index (χ1v) is 7.35. The first kappa shape index (κ1) is 13.0. The molecule has 106 valence electrons. The minimum atomic E-state index is 0.344. The molecule has 1 aromatic rings. The molecule has 1 heterocycles. The van der Waals surface area contributed by atoms with Crippen LogP contribution < -0.4 is 0 Å². The van der Waals surface area contributed by atoms with Crippen molar-refractivity contribution in [2.24, 2.45) is 5.92 Å². The highest BCUT2D eigenvalue weighted by Gasteiger charge is 2.29. The maximum atomic E-state index is 9.18. The fourth-order valence-corrected chi connectivity index (χ4v) is 3.04. The molecule has 6 heteroatoms. The van der Waals surface area contributed by atoms with Gasteiger partial charge in [0.15, 0.2) is 5.82 Å². The lowest BCUT2D eigenvalue weighted by Gasteiger charge is -2.33. The van der Waals surface area contributed by atoms with Crippen LogP contribution in [-0.4, -0.2) is 49.9 Å². The van der Waals surface area contributed by atoms with E-state index in [2.05, 4.69) is 27.5 Å². The molecule has 6 nitrogen and oxygen atoms in total. The summed E-state index contributed by atoms with van der Waals surface area (Å²) in [4.78, 5) is 2.37. The second-order valence-corrected chi connectivity index (χ2v) is 6.04. The molecule has 2 aliphatic rings. The Kier molecular flexibility index (Phi) is 3.79. The predicted octanol–water partition coefficient (Wildman–Crippen LogP) is 0.991. The fraction of sp³-hybridized carbons (Fsp3) is 0.923. The van der Waals surface area contributed by atoms with Gasteiger partial charge < -0.3 is 5.11 Å². The molecule has 1 N–H and O–H groups in total. The maximum Gasteiger partial charge on any atom is 0.165 e. The van der Waals surface area contributed by atoms with Crippen molar-refractivity contribution in [1.82, 2.24) is 25.1 Å². The Morgan fingerprint density at radius 1 is 1.21 bits per heavy atom. The molecule has 0 spiro atoms. The van der Waals surface area contributed by atoms with Crippen LogP contribution in [0.1, 0.15) is 50.4 Å². The molecule has 0 amide bonds. The van der Waals surface area contributed by atoms with E-state index >= 15 is 0 Å². The van der Waals surface area contributed by atoms with Gasteiger partial charge in [0.2, 0.25) is 0 Å². The molecule has 0 radical (unpaired) electrons. The van der Waals surface area contributed by atoms with Gasteiger partial charge in [0, 0.05) is 12.6 Å². The average molecular weight is 265 g/mol. The van der Waals surface area contributed by atoms with Gasteiger partial charge in [-0.1, -0.05) is 0 Å². The molecule has 0 bridgehead atoms. The van der Waals surface area contributed by atoms with Crippen LogP contribution in [0.15, 0.2) is 0 Å². The zero-order valence-electron chi connectivity index (χ0n) is 11.6. The zero-order chi connectivity index (χ0) is 13.2. The Hall–Kier alpha value is -1.01. The summed E-state index contributed by atoms with van der Waals surface area (Å²) in [6.45, 7) is 1.17. The number of nitrogens with zero attached hydrogens (tertiary/aromatic N) is 5. The summed E-state index contributed by atoms with van der Waals surface area (Å²) < 4.78 is 2.00. The molecule has 2 fully saturated rings. The lowest BCUT2D eigenvalue weighted by molar-refractivity contribution is 0.121. The van der Waals surface area contributed by atoms with Gasteiger partial charge in [-0.25, -0.2) is 4.68 Å². The van der Waals surface area contributed by atoms with E-state index in [1.807, 2.05) is 4.68 Å². The van der Waals surface area contributed by atoms with Crippen LogP contribution in [0.2, 0.25) is 0 Å². The Bertz CT molecular complexity index is 409. The normalized spacial score (nSPS) is 27.9. The van der Waals surface area contributed by atoms with Crippen molar-refractivity contribution in [3.8, 4) is 0 Å². The van der Waals surface area contributed by atoms with Gasteiger partial charge in [-0.2, -0.15) is 0 Å². The molecule has 2 saturated carbocycles. The third kappa shape index (κ3) is 2.95. The van der Waals surface area contributed by atoms with Gasteiger partial charge in [-0.15, -0.1) is 5.10 Å². The lowest BCUT2D eigenvalue weighted by Crippen LogP contribution is -2.36. The topological polar surface area (TPSA) is 67.1 Å². The van der Waals surface area contributed by atoms with Crippen molar-refractivity contribution in [2.75, 3.05) is 13.7 Å². The minimum absolute atomic E-state index is 0.344. The van der Waals surface area contributed by atoms with Crippen LogP contribution >= 0.6 is 0 Å². The molecular formula is C13H23N5O. The zero-order valence-corrected chi connectivity index (χ0v) is 11.6. The molecule has 0 aliphatic heterocycles. The molecule has 0 saturated heterocycles. The third-order valence-corrected chi connectivity index (χ3v) is 4.54. The summed E-state index contributed by atoms with van der Waals surface area (Å²) in [6, 6.07) is 1.15. The number of tetrazole rings is 1. The molecule has 1 aromatic heterocycles. The lowest BCUT2D eigenvalue weighted by atomic mass is 9.86. The largest absolute Gasteiger partial charge is 0.396 e. The van der Waals surface area contributed by atoms with Gasteiger partial charge in [-0.3, -0.25) is 4.90 Å². The van der Waals surface area contributed by atoms with Gasteiger partial charge in [-0.05, 0) is 61.9 Å². The number of aliphatic hydroxyl groups excluding tert-OH is 1. The van der Waals surface area contributed by atoms with Crippen LogP contribution in [0.4, 0.5) is 0 Å². The maximum absolute atomic E-state index is 9.18. The first-order chi connectivity index (χ1) is 9.28. The van der Waals surface area contributed by atoms with Crippen molar-refractivity contribution in [3.05, 3.63) is 5.82 Å². The number of hydrogen-bond donors (Lipinski definition) is 1. The second kappa shape index (κ2) is 5.54. The van der Waals surface area contributed by atoms with E-state index in [-0.39, 0.29) is 0 Å².